The second-order valence-electron chi connectivity index (χ2n) is 6.28. The van der Waals surface area contributed by atoms with Gasteiger partial charge in [0.15, 0.2) is 0 Å². The number of piperidine rings is 1. The maximum absolute atomic E-state index is 13.0. The smallest absolute Gasteiger partial charge is 0.309 e. The molecule has 1 heterocycles. The SMILES string of the molecule is COC(=O)[C@H]1CC=C[C@H]2CCN(Cc3ccc(Cl)c(Cl)c3)C(=O)[C@H]12. The molecule has 1 aromatic rings. The molecule has 1 aromatic carbocycles. The predicted molar refractivity (Wildman–Crippen MR) is 92.7 cm³/mol. The molecule has 1 saturated heterocycles. The molecule has 0 spiro atoms. The maximum atomic E-state index is 13.0. The number of benzene rings is 1. The van der Waals surface area contributed by atoms with Crippen molar-refractivity contribution in [3.05, 3.63) is 46.0 Å². The van der Waals surface area contributed by atoms with E-state index in [1.54, 1.807) is 17.0 Å². The molecule has 0 unspecified atom stereocenters. The Kier molecular flexibility index (Phi) is 5.16. The molecule has 2 aliphatic rings. The number of amides is 1. The lowest BCUT2D eigenvalue weighted by Crippen LogP contribution is -2.50. The van der Waals surface area contributed by atoms with Crippen LogP contribution in [-0.4, -0.2) is 30.4 Å². The van der Waals surface area contributed by atoms with Gasteiger partial charge in [-0.05, 0) is 36.5 Å². The van der Waals surface area contributed by atoms with Crippen molar-refractivity contribution in [1.29, 1.82) is 0 Å². The van der Waals surface area contributed by atoms with Crippen molar-refractivity contribution in [3.8, 4) is 0 Å². The molecule has 128 valence electrons. The fourth-order valence-corrected chi connectivity index (χ4v) is 3.95. The molecule has 0 bridgehead atoms. The first kappa shape index (κ1) is 17.3. The monoisotopic (exact) mass is 367 g/mol. The molecule has 24 heavy (non-hydrogen) atoms. The van der Waals surface area contributed by atoms with Gasteiger partial charge in [-0.2, -0.15) is 0 Å². The highest BCUT2D eigenvalue weighted by atomic mass is 35.5. The molecule has 1 aliphatic carbocycles. The number of ether oxygens (including phenoxy) is 1. The minimum atomic E-state index is -0.394. The summed E-state index contributed by atoms with van der Waals surface area (Å²) in [5, 5.41) is 0.971. The second-order valence-corrected chi connectivity index (χ2v) is 7.09. The van der Waals surface area contributed by atoms with E-state index in [9.17, 15) is 9.59 Å². The molecule has 4 nitrogen and oxygen atoms in total. The van der Waals surface area contributed by atoms with Crippen molar-refractivity contribution < 1.29 is 14.3 Å². The summed E-state index contributed by atoms with van der Waals surface area (Å²) in [5.74, 6) is -0.912. The van der Waals surface area contributed by atoms with E-state index in [0.29, 0.717) is 29.6 Å². The predicted octanol–water partition coefficient (Wildman–Crippen LogP) is 3.71. The molecule has 0 aromatic heterocycles. The van der Waals surface area contributed by atoms with Crippen LogP contribution in [0.2, 0.25) is 10.0 Å². The minimum absolute atomic E-state index is 0.0112. The molecule has 1 aliphatic heterocycles. The summed E-state index contributed by atoms with van der Waals surface area (Å²) in [5.41, 5.74) is 0.928. The normalized spacial score (nSPS) is 26.2. The largest absolute Gasteiger partial charge is 0.469 e. The number of hydrogen-bond acceptors (Lipinski definition) is 3. The van der Waals surface area contributed by atoms with Crippen LogP contribution in [0.4, 0.5) is 0 Å². The van der Waals surface area contributed by atoms with Crippen LogP contribution in [0.3, 0.4) is 0 Å². The molecule has 0 saturated carbocycles. The summed E-state index contributed by atoms with van der Waals surface area (Å²) in [4.78, 5) is 26.8. The first-order valence-corrected chi connectivity index (χ1v) is 8.74. The molecular weight excluding hydrogens is 349 g/mol. The number of likely N-dealkylation sites (tertiary alicyclic amines) is 1. The summed E-state index contributed by atoms with van der Waals surface area (Å²) >= 11 is 12.0. The van der Waals surface area contributed by atoms with Crippen LogP contribution in [0.5, 0.6) is 0 Å². The Labute approximate surface area is 151 Å². The first-order valence-electron chi connectivity index (χ1n) is 7.98. The van der Waals surface area contributed by atoms with E-state index in [1.165, 1.54) is 7.11 Å². The van der Waals surface area contributed by atoms with Gasteiger partial charge >= 0.3 is 5.97 Å². The number of hydrogen-bond donors (Lipinski definition) is 0. The molecule has 3 rings (SSSR count). The number of nitrogens with zero attached hydrogens (tertiary/aromatic N) is 1. The van der Waals surface area contributed by atoms with E-state index in [-0.39, 0.29) is 23.7 Å². The lowest BCUT2D eigenvalue weighted by atomic mass is 9.71. The van der Waals surface area contributed by atoms with Gasteiger partial charge in [0.05, 0.1) is 29.0 Å². The van der Waals surface area contributed by atoms with Crippen molar-refractivity contribution in [3.63, 3.8) is 0 Å². The van der Waals surface area contributed by atoms with E-state index in [1.807, 2.05) is 12.1 Å². The van der Waals surface area contributed by atoms with Crippen LogP contribution in [0, 0.1) is 17.8 Å². The molecule has 3 atom stereocenters. The lowest BCUT2D eigenvalue weighted by molar-refractivity contribution is -0.157. The Bertz CT molecular complexity index is 689. The standard InChI is InChI=1S/C18H19Cl2NO3/c1-24-18(23)13-4-2-3-12-7-8-21(17(22)16(12)13)10-11-5-6-14(19)15(20)9-11/h2-3,5-6,9,12-13,16H,4,7-8,10H2,1H3/t12-,13-,16-/m0/s1. The molecule has 1 amide bonds. The molecule has 6 heteroatoms. The number of halogens is 2. The van der Waals surface area contributed by atoms with Crippen molar-refractivity contribution in [2.24, 2.45) is 17.8 Å². The van der Waals surface area contributed by atoms with Crippen molar-refractivity contribution >= 4 is 35.1 Å². The zero-order valence-corrected chi connectivity index (χ0v) is 14.9. The van der Waals surface area contributed by atoms with Gasteiger partial charge in [0, 0.05) is 13.1 Å². The summed E-state index contributed by atoms with van der Waals surface area (Å²) in [6.45, 7) is 1.13. The third-order valence-electron chi connectivity index (χ3n) is 4.86. The fraction of sp³-hybridized carbons (Fsp3) is 0.444. The second kappa shape index (κ2) is 7.16. The maximum Gasteiger partial charge on any atom is 0.309 e. The van der Waals surface area contributed by atoms with Gasteiger partial charge in [0.1, 0.15) is 0 Å². The summed E-state index contributed by atoms with van der Waals surface area (Å²) < 4.78 is 4.89. The number of carbonyl (C=O) groups excluding carboxylic acids is 2. The summed E-state index contributed by atoms with van der Waals surface area (Å²) in [6.07, 6.45) is 5.46. The number of allylic oxidation sites excluding steroid dienone is 2. The zero-order valence-electron chi connectivity index (χ0n) is 13.4. The Morgan fingerprint density at radius 3 is 2.83 bits per heavy atom. The molecular formula is C18H19Cl2NO3. The average Bonchev–Trinajstić information content (AvgIpc) is 2.59. The van der Waals surface area contributed by atoms with E-state index in [2.05, 4.69) is 6.08 Å². The molecule has 1 fully saturated rings. The van der Waals surface area contributed by atoms with Crippen LogP contribution in [-0.2, 0) is 20.9 Å². The van der Waals surface area contributed by atoms with Crippen LogP contribution >= 0.6 is 23.2 Å². The van der Waals surface area contributed by atoms with Crippen molar-refractivity contribution in [1.82, 2.24) is 4.90 Å². The highest BCUT2D eigenvalue weighted by Crippen LogP contribution is 2.38. The van der Waals surface area contributed by atoms with Crippen LogP contribution in [0.1, 0.15) is 18.4 Å². The number of rotatable bonds is 3. The Hall–Kier alpha value is -1.52. The quantitative estimate of drug-likeness (QED) is 0.604. The Balaban J connectivity index is 1.79. The Morgan fingerprint density at radius 1 is 1.33 bits per heavy atom. The molecule has 0 radical (unpaired) electrons. The molecule has 0 N–H and O–H groups in total. The average molecular weight is 368 g/mol. The third kappa shape index (κ3) is 3.31. The highest BCUT2D eigenvalue weighted by molar-refractivity contribution is 6.42. The van der Waals surface area contributed by atoms with Gasteiger partial charge in [-0.25, -0.2) is 0 Å². The van der Waals surface area contributed by atoms with Gasteiger partial charge in [0.2, 0.25) is 5.91 Å². The number of carbonyl (C=O) groups is 2. The van der Waals surface area contributed by atoms with E-state index in [4.69, 9.17) is 27.9 Å². The van der Waals surface area contributed by atoms with Gasteiger partial charge < -0.3 is 9.64 Å². The third-order valence-corrected chi connectivity index (χ3v) is 5.60. The summed E-state index contributed by atoms with van der Waals surface area (Å²) in [7, 11) is 1.37. The Morgan fingerprint density at radius 2 is 2.12 bits per heavy atom. The van der Waals surface area contributed by atoms with Crippen LogP contribution < -0.4 is 0 Å². The van der Waals surface area contributed by atoms with Crippen LogP contribution in [0.15, 0.2) is 30.4 Å². The van der Waals surface area contributed by atoms with Gasteiger partial charge in [-0.15, -0.1) is 0 Å². The van der Waals surface area contributed by atoms with Crippen molar-refractivity contribution in [2.45, 2.75) is 19.4 Å². The van der Waals surface area contributed by atoms with E-state index < -0.39 is 5.92 Å². The lowest BCUT2D eigenvalue weighted by Gasteiger charge is -2.41. The van der Waals surface area contributed by atoms with Gasteiger partial charge in [-0.1, -0.05) is 41.4 Å². The van der Waals surface area contributed by atoms with Crippen LogP contribution in [0.25, 0.3) is 0 Å². The van der Waals surface area contributed by atoms with Crippen molar-refractivity contribution in [2.75, 3.05) is 13.7 Å². The zero-order chi connectivity index (χ0) is 17.3. The van der Waals surface area contributed by atoms with Gasteiger partial charge in [0.25, 0.3) is 0 Å². The summed E-state index contributed by atoms with van der Waals surface area (Å²) in [6, 6.07) is 5.38. The highest BCUT2D eigenvalue weighted by Gasteiger charge is 2.44. The topological polar surface area (TPSA) is 46.6 Å². The number of methoxy groups -OCH3 is 1. The fourth-order valence-electron chi connectivity index (χ4n) is 3.63. The number of fused-ring (bicyclic) bond motifs is 1. The van der Waals surface area contributed by atoms with E-state index in [0.717, 1.165) is 12.0 Å². The van der Waals surface area contributed by atoms with Gasteiger partial charge in [-0.3, -0.25) is 9.59 Å². The number of esters is 1. The van der Waals surface area contributed by atoms with E-state index >= 15 is 0 Å². The first-order chi connectivity index (χ1) is 11.5. The minimum Gasteiger partial charge on any atom is -0.469 e.